The molecule has 2 aliphatic rings. The Hall–Kier alpha value is -1.76. The van der Waals surface area contributed by atoms with E-state index in [0.717, 1.165) is 45.0 Å². The molecule has 26 heavy (non-hydrogen) atoms. The molecule has 6 heteroatoms. The number of rotatable bonds is 5. The molecular weight excluding hydrogens is 326 g/mol. The maximum absolute atomic E-state index is 10.1. The first-order chi connectivity index (χ1) is 12.8. The van der Waals surface area contributed by atoms with Crippen LogP contribution in [0.2, 0.25) is 0 Å². The summed E-state index contributed by atoms with van der Waals surface area (Å²) in [5.74, 6) is 0.377. The normalized spacial score (nSPS) is 24.1. The Labute approximate surface area is 155 Å². The Bertz CT molecular complexity index is 667. The zero-order valence-electron chi connectivity index (χ0n) is 15.3. The molecule has 0 bridgehead atoms. The predicted octanol–water partition coefficient (Wildman–Crippen LogP) is 1.90. The van der Waals surface area contributed by atoms with Crippen LogP contribution < -0.4 is 0 Å². The van der Waals surface area contributed by atoms with Crippen LogP contribution in [0.3, 0.4) is 0 Å². The van der Waals surface area contributed by atoms with Crippen molar-refractivity contribution in [1.82, 2.24) is 24.8 Å². The zero-order valence-corrected chi connectivity index (χ0v) is 15.3. The number of nitrogens with one attached hydrogen (secondary N) is 1. The molecule has 0 aromatic carbocycles. The van der Waals surface area contributed by atoms with E-state index in [1.54, 1.807) is 6.33 Å². The second-order valence-electron chi connectivity index (χ2n) is 7.94. The molecule has 1 spiro atoms. The summed E-state index contributed by atoms with van der Waals surface area (Å²) in [5, 5.41) is 10.1. The highest BCUT2D eigenvalue weighted by atomic mass is 16.3. The van der Waals surface area contributed by atoms with E-state index in [9.17, 15) is 5.11 Å². The molecule has 2 aliphatic heterocycles. The van der Waals surface area contributed by atoms with E-state index in [2.05, 4.69) is 36.9 Å². The maximum atomic E-state index is 10.1. The summed E-state index contributed by atoms with van der Waals surface area (Å²) in [6.45, 7) is 6.55. The molecule has 2 aromatic rings. The monoisotopic (exact) mass is 355 g/mol. The van der Waals surface area contributed by atoms with Crippen molar-refractivity contribution in [3.63, 3.8) is 0 Å². The topological polar surface area (TPSA) is 68.3 Å². The third-order valence-electron chi connectivity index (χ3n) is 6.45. The molecule has 2 N–H and O–H groups in total. The molecule has 140 valence electrons. The molecule has 0 saturated carbocycles. The van der Waals surface area contributed by atoms with Gasteiger partial charge >= 0.3 is 0 Å². The maximum Gasteiger partial charge on any atom is 0.0922 e. The lowest BCUT2D eigenvalue weighted by atomic mass is 9.64. The molecule has 4 heterocycles. The standard InChI is InChI=1S/C20H29N5O/c26-15-18-13-25(14-19-11-22-16-23-19)10-5-20(18)3-8-24(9-4-20)12-17-1-6-21-7-2-17/h1-2,6-7,11,16,18,26H,3-5,8-10,12-15H2,(H,22,23)/t18-/m0/s1. The van der Waals surface area contributed by atoms with Gasteiger partial charge in [0.2, 0.25) is 0 Å². The molecule has 2 fully saturated rings. The first kappa shape index (κ1) is 17.6. The Balaban J connectivity index is 1.34. The summed E-state index contributed by atoms with van der Waals surface area (Å²) in [6.07, 6.45) is 11.0. The molecule has 6 nitrogen and oxygen atoms in total. The summed E-state index contributed by atoms with van der Waals surface area (Å²) in [5.41, 5.74) is 2.81. The molecule has 4 rings (SSSR count). The number of aliphatic hydroxyl groups is 1. The van der Waals surface area contributed by atoms with Crippen LogP contribution in [-0.4, -0.2) is 62.6 Å². The fraction of sp³-hybridized carbons (Fsp3) is 0.600. The van der Waals surface area contributed by atoms with Gasteiger partial charge < -0.3 is 10.1 Å². The number of nitrogens with zero attached hydrogens (tertiary/aromatic N) is 4. The van der Waals surface area contributed by atoms with Crippen molar-refractivity contribution in [2.75, 3.05) is 32.8 Å². The van der Waals surface area contributed by atoms with Gasteiger partial charge in [0.1, 0.15) is 0 Å². The molecule has 2 aromatic heterocycles. The summed E-state index contributed by atoms with van der Waals surface area (Å²) in [7, 11) is 0. The fourth-order valence-electron chi connectivity index (χ4n) is 4.75. The van der Waals surface area contributed by atoms with Crippen LogP contribution >= 0.6 is 0 Å². The van der Waals surface area contributed by atoms with E-state index in [1.165, 1.54) is 24.8 Å². The van der Waals surface area contributed by atoms with Gasteiger partial charge in [-0.15, -0.1) is 0 Å². The molecule has 1 atom stereocenters. The van der Waals surface area contributed by atoms with Crippen LogP contribution in [0, 0.1) is 11.3 Å². The summed E-state index contributed by atoms with van der Waals surface area (Å²) < 4.78 is 0. The van der Waals surface area contributed by atoms with Crippen LogP contribution in [0.4, 0.5) is 0 Å². The lowest BCUT2D eigenvalue weighted by Gasteiger charge is -2.51. The highest BCUT2D eigenvalue weighted by molar-refractivity contribution is 5.10. The Kier molecular flexibility index (Phi) is 5.33. The Morgan fingerprint density at radius 1 is 1.04 bits per heavy atom. The van der Waals surface area contributed by atoms with Crippen LogP contribution in [-0.2, 0) is 13.1 Å². The minimum Gasteiger partial charge on any atom is -0.396 e. The van der Waals surface area contributed by atoms with Crippen molar-refractivity contribution in [1.29, 1.82) is 0 Å². The van der Waals surface area contributed by atoms with E-state index < -0.39 is 0 Å². The third-order valence-corrected chi connectivity index (χ3v) is 6.45. The smallest absolute Gasteiger partial charge is 0.0922 e. The van der Waals surface area contributed by atoms with Gasteiger partial charge in [-0.3, -0.25) is 14.8 Å². The van der Waals surface area contributed by atoms with Crippen LogP contribution in [0.1, 0.15) is 30.5 Å². The number of hydrogen-bond donors (Lipinski definition) is 2. The molecule has 0 aliphatic carbocycles. The second-order valence-corrected chi connectivity index (χ2v) is 7.94. The number of likely N-dealkylation sites (tertiary alicyclic amines) is 2. The van der Waals surface area contributed by atoms with Crippen molar-refractivity contribution in [3.05, 3.63) is 48.3 Å². The van der Waals surface area contributed by atoms with Gasteiger partial charge in [0, 0.05) is 56.4 Å². The number of H-pyrrole nitrogens is 1. The first-order valence-electron chi connectivity index (χ1n) is 9.69. The Morgan fingerprint density at radius 2 is 1.77 bits per heavy atom. The minimum atomic E-state index is 0.295. The van der Waals surface area contributed by atoms with Crippen LogP contribution in [0.25, 0.3) is 0 Å². The highest BCUT2D eigenvalue weighted by Crippen LogP contribution is 2.45. The molecular formula is C20H29N5O. The number of aromatic nitrogens is 3. The van der Waals surface area contributed by atoms with Crippen molar-refractivity contribution in [3.8, 4) is 0 Å². The van der Waals surface area contributed by atoms with Crippen LogP contribution in [0.5, 0.6) is 0 Å². The number of aliphatic hydroxyl groups excluding tert-OH is 1. The zero-order chi connectivity index (χ0) is 17.8. The number of piperidine rings is 2. The van der Waals surface area contributed by atoms with E-state index in [4.69, 9.17) is 0 Å². The third kappa shape index (κ3) is 3.82. The average molecular weight is 355 g/mol. The van der Waals surface area contributed by atoms with Gasteiger partial charge in [-0.05, 0) is 62.0 Å². The average Bonchev–Trinajstić information content (AvgIpc) is 3.19. The van der Waals surface area contributed by atoms with E-state index in [0.29, 0.717) is 17.9 Å². The second kappa shape index (κ2) is 7.86. The predicted molar refractivity (Wildman–Crippen MR) is 100 cm³/mol. The lowest BCUT2D eigenvalue weighted by molar-refractivity contribution is -0.0452. The minimum absolute atomic E-state index is 0.295. The number of hydrogen-bond acceptors (Lipinski definition) is 5. The number of pyridine rings is 1. The van der Waals surface area contributed by atoms with Crippen molar-refractivity contribution in [2.24, 2.45) is 11.3 Å². The summed E-state index contributed by atoms with van der Waals surface area (Å²) in [6, 6.07) is 4.21. The van der Waals surface area contributed by atoms with Gasteiger partial charge in [0.25, 0.3) is 0 Å². The molecule has 0 amide bonds. The fourth-order valence-corrected chi connectivity index (χ4v) is 4.75. The van der Waals surface area contributed by atoms with E-state index >= 15 is 0 Å². The van der Waals surface area contributed by atoms with Crippen LogP contribution in [0.15, 0.2) is 37.1 Å². The van der Waals surface area contributed by atoms with E-state index in [-0.39, 0.29) is 0 Å². The van der Waals surface area contributed by atoms with Gasteiger partial charge in [-0.1, -0.05) is 0 Å². The van der Waals surface area contributed by atoms with Crippen molar-refractivity contribution in [2.45, 2.75) is 32.4 Å². The summed E-state index contributed by atoms with van der Waals surface area (Å²) in [4.78, 5) is 16.4. The SMILES string of the molecule is OC[C@@H]1CN(Cc2cnc[nH]2)CCC12CCN(Cc1ccncc1)CC2. The molecule has 2 saturated heterocycles. The van der Waals surface area contributed by atoms with E-state index in [1.807, 2.05) is 18.6 Å². The summed E-state index contributed by atoms with van der Waals surface area (Å²) >= 11 is 0. The van der Waals surface area contributed by atoms with Gasteiger partial charge in [-0.25, -0.2) is 4.98 Å². The highest BCUT2D eigenvalue weighted by Gasteiger charge is 2.44. The number of aromatic amines is 1. The lowest BCUT2D eigenvalue weighted by Crippen LogP contribution is -2.53. The van der Waals surface area contributed by atoms with Gasteiger partial charge in [0.15, 0.2) is 0 Å². The molecule has 0 unspecified atom stereocenters. The first-order valence-corrected chi connectivity index (χ1v) is 9.69. The van der Waals surface area contributed by atoms with Gasteiger partial charge in [0.05, 0.1) is 6.33 Å². The Morgan fingerprint density at radius 3 is 2.42 bits per heavy atom. The van der Waals surface area contributed by atoms with Crippen molar-refractivity contribution < 1.29 is 5.11 Å². The molecule has 0 radical (unpaired) electrons. The number of imidazole rings is 1. The van der Waals surface area contributed by atoms with Gasteiger partial charge in [-0.2, -0.15) is 0 Å². The van der Waals surface area contributed by atoms with Crippen molar-refractivity contribution >= 4 is 0 Å². The quantitative estimate of drug-likeness (QED) is 0.857. The largest absolute Gasteiger partial charge is 0.396 e.